The number of carbonyl (C=O) groups is 1. The van der Waals surface area contributed by atoms with Gasteiger partial charge in [0.25, 0.3) is 11.5 Å². The molecule has 236 valence electrons. The molecule has 2 aromatic carbocycles. The van der Waals surface area contributed by atoms with Gasteiger partial charge in [-0.05, 0) is 42.4 Å². The number of halogens is 1. The first-order valence-electron chi connectivity index (χ1n) is 15.7. The lowest BCUT2D eigenvalue weighted by Gasteiger charge is -2.39. The Morgan fingerprint density at radius 1 is 1.11 bits per heavy atom. The van der Waals surface area contributed by atoms with Crippen molar-refractivity contribution in [1.82, 2.24) is 41.3 Å². The number of amides is 1. The molecule has 2 atom stereocenters. The van der Waals surface area contributed by atoms with Crippen molar-refractivity contribution in [1.29, 1.82) is 0 Å². The van der Waals surface area contributed by atoms with Gasteiger partial charge in [-0.1, -0.05) is 44.0 Å². The summed E-state index contributed by atoms with van der Waals surface area (Å²) in [4.78, 5) is 29.8. The first kappa shape index (κ1) is 32.0. The molecule has 5 rings (SSSR count). The van der Waals surface area contributed by atoms with Crippen LogP contribution in [0.1, 0.15) is 47.8 Å². The summed E-state index contributed by atoms with van der Waals surface area (Å²) in [6.45, 7) is 9.07. The SMILES string of the molecule is CCCCC(CNC(=S)NCC1CNCCN1)N1CCN(C(=O)c2cc(Cc3n[nH]c(=O)c4ccccc34)ccc2F)CC1. The topological polar surface area (TPSA) is 117 Å². The van der Waals surface area contributed by atoms with Gasteiger partial charge < -0.3 is 26.2 Å². The van der Waals surface area contributed by atoms with Crippen LogP contribution in [0.5, 0.6) is 0 Å². The number of thiocarbonyl (C=S) groups is 1. The molecule has 1 amide bonds. The summed E-state index contributed by atoms with van der Waals surface area (Å²) in [5.74, 6) is -0.839. The van der Waals surface area contributed by atoms with Crippen LogP contribution in [0.4, 0.5) is 4.39 Å². The van der Waals surface area contributed by atoms with Gasteiger partial charge in [0.1, 0.15) is 5.82 Å². The van der Waals surface area contributed by atoms with Crippen LogP contribution in [0.15, 0.2) is 47.3 Å². The number of fused-ring (bicyclic) bond motifs is 1. The van der Waals surface area contributed by atoms with Gasteiger partial charge in [-0.25, -0.2) is 9.49 Å². The summed E-state index contributed by atoms with van der Waals surface area (Å²) >= 11 is 5.56. The van der Waals surface area contributed by atoms with Gasteiger partial charge >= 0.3 is 0 Å². The highest BCUT2D eigenvalue weighted by molar-refractivity contribution is 7.80. The minimum atomic E-state index is -0.536. The monoisotopic (exact) mass is 622 g/mol. The first-order valence-corrected chi connectivity index (χ1v) is 16.1. The van der Waals surface area contributed by atoms with E-state index in [-0.39, 0.29) is 17.0 Å². The molecule has 10 nitrogen and oxygen atoms in total. The van der Waals surface area contributed by atoms with Crippen LogP contribution in [0.3, 0.4) is 0 Å². The van der Waals surface area contributed by atoms with Gasteiger partial charge in [0.15, 0.2) is 5.11 Å². The molecule has 2 fully saturated rings. The third kappa shape index (κ3) is 8.17. The lowest BCUT2D eigenvalue weighted by molar-refractivity contribution is 0.0556. The fourth-order valence-electron chi connectivity index (χ4n) is 6.01. The van der Waals surface area contributed by atoms with Crippen LogP contribution in [-0.2, 0) is 6.42 Å². The Morgan fingerprint density at radius 2 is 1.91 bits per heavy atom. The van der Waals surface area contributed by atoms with E-state index < -0.39 is 5.82 Å². The second-order valence-electron chi connectivity index (χ2n) is 11.6. The summed E-state index contributed by atoms with van der Waals surface area (Å²) in [6.07, 6.45) is 3.62. The van der Waals surface area contributed by atoms with E-state index in [0.717, 1.165) is 62.9 Å². The number of benzene rings is 2. The number of rotatable bonds is 11. The molecule has 12 heteroatoms. The first-order chi connectivity index (χ1) is 21.4. The zero-order valence-corrected chi connectivity index (χ0v) is 26.1. The Bertz CT molecular complexity index is 1490. The van der Waals surface area contributed by atoms with E-state index in [4.69, 9.17) is 12.2 Å². The smallest absolute Gasteiger partial charge is 0.272 e. The molecule has 0 radical (unpaired) electrons. The molecular weight excluding hydrogens is 579 g/mol. The van der Waals surface area contributed by atoms with Gasteiger partial charge in [-0.15, -0.1) is 0 Å². The number of piperazine rings is 2. The molecular formula is C32H43FN8O2S. The van der Waals surface area contributed by atoms with Crippen LogP contribution in [0.25, 0.3) is 10.8 Å². The number of aromatic nitrogens is 2. The number of carbonyl (C=O) groups excluding carboxylic acids is 1. The maximum absolute atomic E-state index is 15.0. The van der Waals surface area contributed by atoms with Crippen molar-refractivity contribution in [3.8, 4) is 0 Å². The van der Waals surface area contributed by atoms with Crippen LogP contribution in [0, 0.1) is 5.82 Å². The predicted molar refractivity (Wildman–Crippen MR) is 176 cm³/mol. The summed E-state index contributed by atoms with van der Waals surface area (Å²) in [7, 11) is 0. The van der Waals surface area contributed by atoms with Crippen LogP contribution >= 0.6 is 12.2 Å². The summed E-state index contributed by atoms with van der Waals surface area (Å²) in [5.41, 5.74) is 1.23. The Labute approximate surface area is 263 Å². The molecule has 0 bridgehead atoms. The molecule has 2 saturated heterocycles. The molecule has 2 unspecified atom stereocenters. The number of unbranched alkanes of at least 4 members (excludes halogenated alkanes) is 1. The van der Waals surface area contributed by atoms with Crippen molar-refractivity contribution >= 4 is 34.0 Å². The number of hydrogen-bond acceptors (Lipinski definition) is 7. The second-order valence-corrected chi connectivity index (χ2v) is 12.0. The minimum absolute atomic E-state index is 0.0629. The van der Waals surface area contributed by atoms with Gasteiger partial charge in [0.2, 0.25) is 0 Å². The molecule has 3 aromatic rings. The molecule has 44 heavy (non-hydrogen) atoms. The predicted octanol–water partition coefficient (Wildman–Crippen LogP) is 2.00. The maximum atomic E-state index is 15.0. The molecule has 1 aromatic heterocycles. The third-order valence-corrected chi connectivity index (χ3v) is 8.84. The van der Waals surface area contributed by atoms with Crippen molar-refractivity contribution in [2.75, 3.05) is 58.9 Å². The van der Waals surface area contributed by atoms with Crippen LogP contribution in [0.2, 0.25) is 0 Å². The number of nitrogens with zero attached hydrogens (tertiary/aromatic N) is 3. The second kappa shape index (κ2) is 15.5. The standard InChI is InChI=1S/C32H43FN8O2S/c1-2-3-6-24(21-37-32(44)36-20-23-19-34-11-12-35-23)40-13-15-41(16-14-40)31(43)27-17-22(9-10-28(27)33)18-29-25-7-4-5-8-26(25)30(42)39-38-29/h4-5,7-10,17,23-24,34-35H,2-3,6,11-16,18-21H2,1H3,(H,39,42)(H2,36,37,44). The van der Waals surface area contributed by atoms with Crippen molar-refractivity contribution in [3.05, 3.63) is 75.5 Å². The molecule has 5 N–H and O–H groups in total. The van der Waals surface area contributed by atoms with Crippen molar-refractivity contribution in [2.45, 2.75) is 44.7 Å². The van der Waals surface area contributed by atoms with E-state index in [1.807, 2.05) is 12.1 Å². The Morgan fingerprint density at radius 3 is 2.66 bits per heavy atom. The highest BCUT2D eigenvalue weighted by Crippen LogP contribution is 2.21. The Hall–Kier alpha value is -3.45. The summed E-state index contributed by atoms with van der Waals surface area (Å²) in [6, 6.07) is 12.5. The zero-order chi connectivity index (χ0) is 30.9. The van der Waals surface area contributed by atoms with E-state index in [2.05, 4.69) is 43.3 Å². The highest BCUT2D eigenvalue weighted by Gasteiger charge is 2.28. The minimum Gasteiger partial charge on any atom is -0.361 e. The molecule has 0 aliphatic carbocycles. The fraction of sp³-hybridized carbons (Fsp3) is 0.500. The van der Waals surface area contributed by atoms with Gasteiger partial charge in [0, 0.05) is 82.8 Å². The maximum Gasteiger partial charge on any atom is 0.272 e. The van der Waals surface area contributed by atoms with E-state index in [0.29, 0.717) is 60.9 Å². The van der Waals surface area contributed by atoms with E-state index in [1.165, 1.54) is 6.07 Å². The normalized spacial score (nSPS) is 18.2. The molecule has 2 aliphatic rings. The Balaban J connectivity index is 1.17. The molecule has 3 heterocycles. The van der Waals surface area contributed by atoms with Gasteiger partial charge in [-0.2, -0.15) is 5.10 Å². The van der Waals surface area contributed by atoms with Crippen molar-refractivity contribution in [3.63, 3.8) is 0 Å². The van der Waals surface area contributed by atoms with Crippen LogP contribution in [-0.4, -0.2) is 102 Å². The van der Waals surface area contributed by atoms with E-state index in [1.54, 1.807) is 29.2 Å². The van der Waals surface area contributed by atoms with Gasteiger partial charge in [-0.3, -0.25) is 14.5 Å². The largest absolute Gasteiger partial charge is 0.361 e. The summed E-state index contributed by atoms with van der Waals surface area (Å²) in [5, 5.41) is 22.3. The zero-order valence-electron chi connectivity index (χ0n) is 25.3. The summed E-state index contributed by atoms with van der Waals surface area (Å²) < 4.78 is 15.0. The average molecular weight is 623 g/mol. The number of H-pyrrole nitrogens is 1. The Kier molecular flexibility index (Phi) is 11.3. The van der Waals surface area contributed by atoms with E-state index in [9.17, 15) is 14.0 Å². The number of aromatic amines is 1. The van der Waals surface area contributed by atoms with Gasteiger partial charge in [0.05, 0.1) is 16.6 Å². The molecule has 0 spiro atoms. The highest BCUT2D eigenvalue weighted by atomic mass is 32.1. The lowest BCUT2D eigenvalue weighted by atomic mass is 10.0. The van der Waals surface area contributed by atoms with Crippen LogP contribution < -0.4 is 26.8 Å². The van der Waals surface area contributed by atoms with Crippen molar-refractivity contribution < 1.29 is 9.18 Å². The van der Waals surface area contributed by atoms with E-state index >= 15 is 0 Å². The number of nitrogens with one attached hydrogen (secondary N) is 5. The quantitative estimate of drug-likeness (QED) is 0.205. The molecule has 2 aliphatic heterocycles. The molecule has 0 saturated carbocycles. The average Bonchev–Trinajstić information content (AvgIpc) is 3.06. The third-order valence-electron chi connectivity index (χ3n) is 8.55. The lowest BCUT2D eigenvalue weighted by Crippen LogP contribution is -2.56. The fourth-order valence-corrected chi connectivity index (χ4v) is 6.17. The van der Waals surface area contributed by atoms with Crippen molar-refractivity contribution in [2.24, 2.45) is 0 Å². The number of hydrogen-bond donors (Lipinski definition) is 5.